The summed E-state index contributed by atoms with van der Waals surface area (Å²) >= 11 is 1.43. The van der Waals surface area contributed by atoms with Gasteiger partial charge < -0.3 is 4.74 Å². The molecular formula is C23H25F2N5O3S. The van der Waals surface area contributed by atoms with Crippen molar-refractivity contribution in [3.63, 3.8) is 0 Å². The Morgan fingerprint density at radius 1 is 1.12 bits per heavy atom. The highest BCUT2D eigenvalue weighted by Gasteiger charge is 2.22. The van der Waals surface area contributed by atoms with E-state index in [0.717, 1.165) is 43.0 Å². The van der Waals surface area contributed by atoms with Crippen molar-refractivity contribution in [1.82, 2.24) is 19.7 Å². The molecule has 0 saturated carbocycles. The SMILES string of the molecule is CC(Sc1nnc(CN2CCCCC2)n1-c1ccc(OC(F)F)cc1)c1cccc([N+](=O)[O-])c1. The molecule has 8 nitrogen and oxygen atoms in total. The predicted octanol–water partition coefficient (Wildman–Crippen LogP) is 5.62. The Morgan fingerprint density at radius 3 is 2.53 bits per heavy atom. The zero-order valence-electron chi connectivity index (χ0n) is 18.6. The van der Waals surface area contributed by atoms with E-state index in [2.05, 4.69) is 19.8 Å². The van der Waals surface area contributed by atoms with Crippen molar-refractivity contribution in [1.29, 1.82) is 0 Å². The summed E-state index contributed by atoms with van der Waals surface area (Å²) in [6.07, 6.45) is 3.50. The first-order valence-electron chi connectivity index (χ1n) is 11.0. The molecule has 4 rings (SSSR count). The molecule has 0 spiro atoms. The first-order chi connectivity index (χ1) is 16.4. The van der Waals surface area contributed by atoms with E-state index in [9.17, 15) is 18.9 Å². The fourth-order valence-corrected chi connectivity index (χ4v) is 4.95. The van der Waals surface area contributed by atoms with Crippen LogP contribution >= 0.6 is 11.8 Å². The van der Waals surface area contributed by atoms with Gasteiger partial charge in [-0.2, -0.15) is 8.78 Å². The first-order valence-corrected chi connectivity index (χ1v) is 11.9. The van der Waals surface area contributed by atoms with E-state index >= 15 is 0 Å². The number of piperidine rings is 1. The third-order valence-corrected chi connectivity index (χ3v) is 6.77. The predicted molar refractivity (Wildman–Crippen MR) is 124 cm³/mol. The molecule has 11 heteroatoms. The number of hydrogen-bond donors (Lipinski definition) is 0. The Morgan fingerprint density at radius 2 is 1.85 bits per heavy atom. The molecule has 3 aromatic rings. The van der Waals surface area contributed by atoms with Gasteiger partial charge in [0.2, 0.25) is 0 Å². The van der Waals surface area contributed by atoms with Gasteiger partial charge in [0.15, 0.2) is 11.0 Å². The van der Waals surface area contributed by atoms with Crippen LogP contribution < -0.4 is 4.74 Å². The number of hydrogen-bond acceptors (Lipinski definition) is 7. The third-order valence-electron chi connectivity index (χ3n) is 5.67. The number of nitrogens with zero attached hydrogens (tertiary/aromatic N) is 5. The normalized spacial score (nSPS) is 15.4. The highest BCUT2D eigenvalue weighted by molar-refractivity contribution is 7.99. The zero-order chi connectivity index (χ0) is 24.1. The lowest BCUT2D eigenvalue weighted by atomic mass is 10.1. The van der Waals surface area contributed by atoms with Crippen molar-refractivity contribution in [2.24, 2.45) is 0 Å². The van der Waals surface area contributed by atoms with E-state index in [1.54, 1.807) is 24.3 Å². The molecule has 1 fully saturated rings. The number of likely N-dealkylation sites (tertiary alicyclic amines) is 1. The highest BCUT2D eigenvalue weighted by atomic mass is 32.2. The molecule has 180 valence electrons. The van der Waals surface area contributed by atoms with Crippen LogP contribution in [0.5, 0.6) is 5.75 Å². The first kappa shape index (κ1) is 24.1. The third kappa shape index (κ3) is 5.89. The van der Waals surface area contributed by atoms with Gasteiger partial charge in [-0.1, -0.05) is 30.3 Å². The zero-order valence-corrected chi connectivity index (χ0v) is 19.5. The molecule has 0 aliphatic carbocycles. The maximum absolute atomic E-state index is 12.6. The smallest absolute Gasteiger partial charge is 0.387 e. The van der Waals surface area contributed by atoms with Crippen LogP contribution in [0.2, 0.25) is 0 Å². The van der Waals surface area contributed by atoms with Gasteiger partial charge in [-0.25, -0.2) is 0 Å². The summed E-state index contributed by atoms with van der Waals surface area (Å²) in [6.45, 7) is 1.65. The maximum Gasteiger partial charge on any atom is 0.387 e. The second-order valence-electron chi connectivity index (χ2n) is 8.06. The van der Waals surface area contributed by atoms with Crippen LogP contribution in [0.4, 0.5) is 14.5 Å². The summed E-state index contributed by atoms with van der Waals surface area (Å²) in [7, 11) is 0. The standard InChI is InChI=1S/C23H25F2N5O3S/c1-16(17-6-5-7-19(14-17)30(31)32)34-23-27-26-21(15-28-12-3-2-4-13-28)29(23)18-8-10-20(11-9-18)33-22(24)25/h5-11,14,16,22H,2-4,12-13,15H2,1H3. The summed E-state index contributed by atoms with van der Waals surface area (Å²) in [5.41, 5.74) is 1.56. The molecule has 2 heterocycles. The number of thioether (sulfide) groups is 1. The van der Waals surface area contributed by atoms with E-state index in [1.807, 2.05) is 17.6 Å². The van der Waals surface area contributed by atoms with Crippen LogP contribution in [0.3, 0.4) is 0 Å². The topological polar surface area (TPSA) is 86.3 Å². The second kappa shape index (κ2) is 10.9. The minimum Gasteiger partial charge on any atom is -0.435 e. The summed E-state index contributed by atoms with van der Waals surface area (Å²) in [5.74, 6) is 0.821. The molecule has 34 heavy (non-hydrogen) atoms. The van der Waals surface area contributed by atoms with E-state index in [1.165, 1.54) is 36.4 Å². The van der Waals surface area contributed by atoms with Crippen molar-refractivity contribution in [3.05, 3.63) is 70.0 Å². The fourth-order valence-electron chi connectivity index (χ4n) is 3.95. The molecule has 1 aliphatic heterocycles. The van der Waals surface area contributed by atoms with Gasteiger partial charge in [-0.15, -0.1) is 10.2 Å². The lowest BCUT2D eigenvalue weighted by molar-refractivity contribution is -0.384. The Kier molecular flexibility index (Phi) is 7.73. The molecule has 0 amide bonds. The molecule has 0 bridgehead atoms. The van der Waals surface area contributed by atoms with Gasteiger partial charge in [0, 0.05) is 23.1 Å². The van der Waals surface area contributed by atoms with Gasteiger partial charge >= 0.3 is 6.61 Å². The molecular weight excluding hydrogens is 464 g/mol. The van der Waals surface area contributed by atoms with Gasteiger partial charge in [0.05, 0.1) is 11.5 Å². The molecule has 1 saturated heterocycles. The Hall–Kier alpha value is -3.05. The highest BCUT2D eigenvalue weighted by Crippen LogP contribution is 2.36. The quantitative estimate of drug-likeness (QED) is 0.219. The lowest BCUT2D eigenvalue weighted by Crippen LogP contribution is -2.30. The average molecular weight is 490 g/mol. The number of benzene rings is 2. The van der Waals surface area contributed by atoms with Crippen LogP contribution in [0.25, 0.3) is 5.69 Å². The molecule has 1 unspecified atom stereocenters. The lowest BCUT2D eigenvalue weighted by Gasteiger charge is -2.26. The van der Waals surface area contributed by atoms with Crippen molar-refractivity contribution in [3.8, 4) is 11.4 Å². The average Bonchev–Trinajstić information content (AvgIpc) is 3.21. The van der Waals surface area contributed by atoms with Crippen molar-refractivity contribution < 1.29 is 18.4 Å². The molecule has 2 aromatic carbocycles. The fraction of sp³-hybridized carbons (Fsp3) is 0.391. The van der Waals surface area contributed by atoms with E-state index < -0.39 is 11.5 Å². The van der Waals surface area contributed by atoms with E-state index in [-0.39, 0.29) is 16.7 Å². The van der Waals surface area contributed by atoms with Crippen molar-refractivity contribution in [2.75, 3.05) is 13.1 Å². The van der Waals surface area contributed by atoms with Crippen LogP contribution in [0.15, 0.2) is 53.7 Å². The largest absolute Gasteiger partial charge is 0.435 e. The van der Waals surface area contributed by atoms with Crippen molar-refractivity contribution >= 4 is 17.4 Å². The maximum atomic E-state index is 12.6. The molecule has 1 aromatic heterocycles. The summed E-state index contributed by atoms with van der Waals surface area (Å²) in [4.78, 5) is 13.1. The molecule has 1 aliphatic rings. The van der Waals surface area contributed by atoms with Crippen LogP contribution in [0.1, 0.15) is 42.8 Å². The summed E-state index contributed by atoms with van der Waals surface area (Å²) < 4.78 is 31.5. The Bertz CT molecular complexity index is 1120. The second-order valence-corrected chi connectivity index (χ2v) is 9.36. The van der Waals surface area contributed by atoms with Gasteiger partial charge in [-0.3, -0.25) is 19.6 Å². The van der Waals surface area contributed by atoms with Gasteiger partial charge in [0.25, 0.3) is 5.69 Å². The number of halogens is 2. The number of nitro groups is 1. The van der Waals surface area contributed by atoms with Gasteiger partial charge in [-0.05, 0) is 62.7 Å². The number of rotatable bonds is 9. The number of alkyl halides is 2. The van der Waals surface area contributed by atoms with Crippen molar-refractivity contribution in [2.45, 2.75) is 49.7 Å². The minimum atomic E-state index is -2.89. The summed E-state index contributed by atoms with van der Waals surface area (Å²) in [5, 5.41) is 20.5. The monoisotopic (exact) mass is 489 g/mol. The number of non-ortho nitro benzene ring substituents is 1. The van der Waals surface area contributed by atoms with E-state index in [4.69, 9.17) is 0 Å². The number of nitro benzene ring substituents is 1. The van der Waals surface area contributed by atoms with Crippen LogP contribution in [0, 0.1) is 10.1 Å². The molecule has 0 radical (unpaired) electrons. The Balaban J connectivity index is 1.63. The number of ether oxygens (including phenoxy) is 1. The Labute approximate surface area is 200 Å². The molecule has 0 N–H and O–H groups in total. The van der Waals surface area contributed by atoms with Crippen LogP contribution in [-0.4, -0.2) is 44.3 Å². The summed E-state index contributed by atoms with van der Waals surface area (Å²) in [6, 6.07) is 12.9. The number of aromatic nitrogens is 3. The van der Waals surface area contributed by atoms with E-state index in [0.29, 0.717) is 11.7 Å². The van der Waals surface area contributed by atoms with Gasteiger partial charge in [0.1, 0.15) is 5.75 Å². The molecule has 1 atom stereocenters. The minimum absolute atomic E-state index is 0.0341. The van der Waals surface area contributed by atoms with Crippen LogP contribution in [-0.2, 0) is 6.54 Å².